The summed E-state index contributed by atoms with van der Waals surface area (Å²) in [5, 5.41) is 11.3. The number of hydrogen-bond donors (Lipinski definition) is 1. The Hall–Kier alpha value is -3.64. The van der Waals surface area contributed by atoms with Crippen molar-refractivity contribution >= 4 is 29.1 Å². The Labute approximate surface area is 189 Å². The van der Waals surface area contributed by atoms with Crippen molar-refractivity contribution in [2.24, 2.45) is 0 Å². The Balaban J connectivity index is 1.84. The number of hydrogen-bond acceptors (Lipinski definition) is 4. The van der Waals surface area contributed by atoms with Gasteiger partial charge in [0.1, 0.15) is 17.3 Å². The number of halogens is 2. The van der Waals surface area contributed by atoms with Crippen molar-refractivity contribution in [3.05, 3.63) is 106 Å². The van der Waals surface area contributed by atoms with Crippen molar-refractivity contribution in [1.29, 1.82) is 0 Å². The van der Waals surface area contributed by atoms with Crippen LogP contribution < -0.4 is 4.74 Å². The largest absolute Gasteiger partial charge is 0.507 e. The number of likely N-dealkylation sites (tertiary alicyclic amines) is 1. The van der Waals surface area contributed by atoms with Gasteiger partial charge in [-0.3, -0.25) is 9.59 Å². The van der Waals surface area contributed by atoms with Crippen LogP contribution in [0.1, 0.15) is 22.7 Å². The molecule has 1 heterocycles. The van der Waals surface area contributed by atoms with E-state index in [1.807, 2.05) is 6.07 Å². The molecule has 0 aromatic heterocycles. The van der Waals surface area contributed by atoms with E-state index in [1.54, 1.807) is 48.5 Å². The third-order valence-corrected chi connectivity index (χ3v) is 5.64. The summed E-state index contributed by atoms with van der Waals surface area (Å²) in [5.74, 6) is -1.86. The molecule has 0 radical (unpaired) electrons. The summed E-state index contributed by atoms with van der Waals surface area (Å²) in [6.45, 7) is 0.0740. The zero-order valence-corrected chi connectivity index (χ0v) is 17.8. The van der Waals surface area contributed by atoms with Gasteiger partial charge < -0.3 is 14.7 Å². The highest BCUT2D eigenvalue weighted by Gasteiger charge is 2.46. The fourth-order valence-electron chi connectivity index (χ4n) is 3.78. The van der Waals surface area contributed by atoms with Crippen molar-refractivity contribution in [3.8, 4) is 5.75 Å². The molecular weight excluding hydrogens is 433 g/mol. The highest BCUT2D eigenvalue weighted by Crippen LogP contribution is 2.41. The topological polar surface area (TPSA) is 66.8 Å². The molecule has 3 aromatic rings. The third-order valence-electron chi connectivity index (χ3n) is 5.35. The van der Waals surface area contributed by atoms with Crippen LogP contribution in [0.4, 0.5) is 4.39 Å². The lowest BCUT2D eigenvalue weighted by molar-refractivity contribution is -0.140. The van der Waals surface area contributed by atoms with E-state index in [1.165, 1.54) is 30.2 Å². The number of ether oxygens (including phenoxy) is 1. The van der Waals surface area contributed by atoms with Gasteiger partial charge >= 0.3 is 0 Å². The highest BCUT2D eigenvalue weighted by molar-refractivity contribution is 6.46. The highest BCUT2D eigenvalue weighted by atomic mass is 35.5. The molecule has 1 amide bonds. The second-order valence-electron chi connectivity index (χ2n) is 7.31. The Kier molecular flexibility index (Phi) is 5.97. The summed E-state index contributed by atoms with van der Waals surface area (Å²) in [6, 6.07) is 18.5. The maximum Gasteiger partial charge on any atom is 0.295 e. The SMILES string of the molecule is COc1ccc(/C(O)=C2/C(=O)C(=O)N(Cc3ccc(F)cc3)C2c2ccccc2)cc1Cl. The third kappa shape index (κ3) is 3.97. The normalized spacial score (nSPS) is 17.6. The van der Waals surface area contributed by atoms with Crippen molar-refractivity contribution < 1.29 is 23.8 Å². The lowest BCUT2D eigenvalue weighted by Gasteiger charge is -2.25. The van der Waals surface area contributed by atoms with Crippen LogP contribution in [0.5, 0.6) is 5.75 Å². The first-order chi connectivity index (χ1) is 15.4. The number of carbonyl (C=O) groups is 2. The van der Waals surface area contributed by atoms with Crippen molar-refractivity contribution in [2.75, 3.05) is 7.11 Å². The zero-order valence-electron chi connectivity index (χ0n) is 17.1. The fraction of sp³-hybridized carbons (Fsp3) is 0.120. The van der Waals surface area contributed by atoms with Crippen molar-refractivity contribution in [2.45, 2.75) is 12.6 Å². The maximum absolute atomic E-state index is 13.3. The second-order valence-corrected chi connectivity index (χ2v) is 7.72. The van der Waals surface area contributed by atoms with Crippen LogP contribution in [0.15, 0.2) is 78.4 Å². The number of methoxy groups -OCH3 is 1. The van der Waals surface area contributed by atoms with Crippen molar-refractivity contribution in [3.63, 3.8) is 0 Å². The summed E-state index contributed by atoms with van der Waals surface area (Å²) >= 11 is 6.20. The molecule has 5 nitrogen and oxygen atoms in total. The fourth-order valence-corrected chi connectivity index (χ4v) is 4.04. The summed E-state index contributed by atoms with van der Waals surface area (Å²) in [6.07, 6.45) is 0. The molecule has 0 spiro atoms. The van der Waals surface area contributed by atoms with Gasteiger partial charge in [-0.15, -0.1) is 0 Å². The molecule has 0 bridgehead atoms. The van der Waals surface area contributed by atoms with E-state index in [0.29, 0.717) is 16.9 Å². The zero-order chi connectivity index (χ0) is 22.8. The molecule has 1 aliphatic rings. The van der Waals surface area contributed by atoms with Crippen LogP contribution in [-0.4, -0.2) is 28.8 Å². The van der Waals surface area contributed by atoms with Gasteiger partial charge in [-0.25, -0.2) is 4.39 Å². The van der Waals surface area contributed by atoms with Crippen LogP contribution in [0.3, 0.4) is 0 Å². The Bertz CT molecular complexity index is 1210. The number of carbonyl (C=O) groups excluding carboxylic acids is 2. The van der Waals surface area contributed by atoms with Crippen molar-refractivity contribution in [1.82, 2.24) is 4.90 Å². The van der Waals surface area contributed by atoms with E-state index in [4.69, 9.17) is 16.3 Å². The van der Waals surface area contributed by atoms with E-state index >= 15 is 0 Å². The van der Waals surface area contributed by atoms with Crippen LogP contribution in [-0.2, 0) is 16.1 Å². The molecule has 1 atom stereocenters. The van der Waals surface area contributed by atoms with E-state index in [-0.39, 0.29) is 28.5 Å². The Morgan fingerprint density at radius 2 is 1.75 bits per heavy atom. The van der Waals surface area contributed by atoms with Gasteiger partial charge in [0.05, 0.1) is 23.7 Å². The minimum atomic E-state index is -0.817. The molecule has 32 heavy (non-hydrogen) atoms. The lowest BCUT2D eigenvalue weighted by Crippen LogP contribution is -2.29. The number of aliphatic hydroxyl groups excluding tert-OH is 1. The molecule has 3 aromatic carbocycles. The smallest absolute Gasteiger partial charge is 0.295 e. The van der Waals surface area contributed by atoms with Crippen LogP contribution >= 0.6 is 11.6 Å². The summed E-state index contributed by atoms with van der Waals surface area (Å²) in [5.41, 5.74) is 1.57. The number of rotatable bonds is 5. The van der Waals surface area contributed by atoms with Crippen LogP contribution in [0, 0.1) is 5.82 Å². The summed E-state index contributed by atoms with van der Waals surface area (Å²) in [7, 11) is 1.47. The second kappa shape index (κ2) is 8.85. The predicted molar refractivity (Wildman–Crippen MR) is 119 cm³/mol. The van der Waals surface area contributed by atoms with Gasteiger partial charge in [-0.05, 0) is 41.5 Å². The molecule has 0 aliphatic carbocycles. The average molecular weight is 452 g/mol. The molecule has 1 fully saturated rings. The molecule has 162 valence electrons. The first kappa shape index (κ1) is 21.6. The first-order valence-corrected chi connectivity index (χ1v) is 10.2. The van der Waals surface area contributed by atoms with Gasteiger partial charge in [-0.1, -0.05) is 54.1 Å². The van der Waals surface area contributed by atoms with Crippen LogP contribution in [0.25, 0.3) is 5.76 Å². The van der Waals surface area contributed by atoms with E-state index < -0.39 is 23.5 Å². The average Bonchev–Trinajstić information content (AvgIpc) is 3.05. The Morgan fingerprint density at radius 3 is 2.38 bits per heavy atom. The number of amides is 1. The summed E-state index contributed by atoms with van der Waals surface area (Å²) < 4.78 is 18.5. The van der Waals surface area contributed by atoms with Gasteiger partial charge in [0.25, 0.3) is 11.7 Å². The molecule has 4 rings (SSSR count). The quantitative estimate of drug-likeness (QED) is 0.332. The molecule has 1 unspecified atom stereocenters. The first-order valence-electron chi connectivity index (χ1n) is 9.82. The molecule has 1 N–H and O–H groups in total. The van der Waals surface area contributed by atoms with E-state index in [0.717, 1.165) is 0 Å². The monoisotopic (exact) mass is 451 g/mol. The lowest BCUT2D eigenvalue weighted by atomic mass is 9.95. The molecular formula is C25H19ClFNO4. The van der Waals surface area contributed by atoms with Gasteiger partial charge in [0.2, 0.25) is 0 Å². The standard InChI is InChI=1S/C25H19ClFNO4/c1-32-20-12-9-17(13-19(20)26)23(29)21-22(16-5-3-2-4-6-16)28(25(31)24(21)30)14-15-7-10-18(27)11-8-15/h2-13,22,29H,14H2,1H3/b23-21-. The Morgan fingerprint density at radius 1 is 1.06 bits per heavy atom. The number of benzene rings is 3. The number of aliphatic hydroxyl groups is 1. The number of Topliss-reactive ketones (excluding diaryl/α,β-unsaturated/α-hetero) is 1. The molecule has 1 aliphatic heterocycles. The molecule has 0 saturated carbocycles. The van der Waals surface area contributed by atoms with E-state index in [2.05, 4.69) is 0 Å². The van der Waals surface area contributed by atoms with E-state index in [9.17, 15) is 19.1 Å². The molecule has 7 heteroatoms. The predicted octanol–water partition coefficient (Wildman–Crippen LogP) is 5.11. The molecule has 1 saturated heterocycles. The van der Waals surface area contributed by atoms with Crippen LogP contribution in [0.2, 0.25) is 5.02 Å². The van der Waals surface area contributed by atoms with Gasteiger partial charge in [0, 0.05) is 12.1 Å². The van der Waals surface area contributed by atoms with Gasteiger partial charge in [-0.2, -0.15) is 0 Å². The maximum atomic E-state index is 13.3. The van der Waals surface area contributed by atoms with Gasteiger partial charge in [0.15, 0.2) is 0 Å². The minimum absolute atomic E-state index is 0.0375. The number of ketones is 1. The summed E-state index contributed by atoms with van der Waals surface area (Å²) in [4.78, 5) is 27.4. The number of nitrogens with zero attached hydrogens (tertiary/aromatic N) is 1. The minimum Gasteiger partial charge on any atom is -0.507 e.